The minimum atomic E-state index is -1.34. The summed E-state index contributed by atoms with van der Waals surface area (Å²) in [7, 11) is 1.38. The highest BCUT2D eigenvalue weighted by molar-refractivity contribution is 6.14. The Morgan fingerprint density at radius 3 is 2.54 bits per heavy atom. The number of hydrogen-bond acceptors (Lipinski definition) is 5. The van der Waals surface area contributed by atoms with Crippen LogP contribution in [0.4, 0.5) is 0 Å². The molecule has 0 radical (unpaired) electrons. The number of rotatable bonds is 5. The summed E-state index contributed by atoms with van der Waals surface area (Å²) in [6.45, 7) is 6.28. The van der Waals surface area contributed by atoms with Gasteiger partial charge in [0.15, 0.2) is 0 Å². The maximum Gasteiger partial charge on any atom is 0.219 e. The number of para-hydroxylation sites is 1. The lowest BCUT2D eigenvalue weighted by Gasteiger charge is -2.19. The van der Waals surface area contributed by atoms with Crippen molar-refractivity contribution in [3.05, 3.63) is 60.0 Å². The summed E-state index contributed by atoms with van der Waals surface area (Å²) in [5, 5.41) is 11.3. The zero-order chi connectivity index (χ0) is 17.7. The number of pyridine rings is 1. The normalized spacial score (nSPS) is 11.9. The van der Waals surface area contributed by atoms with E-state index in [9.17, 15) is 9.90 Å². The first-order chi connectivity index (χ1) is 11.3. The molecule has 1 aromatic carbocycles. The van der Waals surface area contributed by atoms with Crippen molar-refractivity contribution in [3.63, 3.8) is 0 Å². The number of ether oxygens (including phenoxy) is 2. The molecule has 0 aliphatic carbocycles. The van der Waals surface area contributed by atoms with Gasteiger partial charge >= 0.3 is 0 Å². The van der Waals surface area contributed by atoms with Gasteiger partial charge in [0.05, 0.1) is 19.3 Å². The number of nitrogens with zero attached hydrogens (tertiary/aromatic N) is 1. The first kappa shape index (κ1) is 17.5. The zero-order valence-corrected chi connectivity index (χ0v) is 14.2. The molecule has 2 rings (SSSR count). The quantitative estimate of drug-likeness (QED) is 0.624. The Kier molecular flexibility index (Phi) is 5.24. The van der Waals surface area contributed by atoms with Gasteiger partial charge in [-0.2, -0.15) is 0 Å². The number of hydrogen-bond donors (Lipinski definition) is 0. The molecular weight excluding hydrogens is 306 g/mol. The van der Waals surface area contributed by atoms with Crippen molar-refractivity contribution in [2.75, 3.05) is 7.11 Å². The highest BCUT2D eigenvalue weighted by atomic mass is 16.5. The Labute approximate surface area is 141 Å². The van der Waals surface area contributed by atoms with Crippen LogP contribution in [0.1, 0.15) is 31.9 Å². The number of aliphatic carboxylic acids is 1. The number of carboxylic acid groups (broad SMARTS) is 1. The van der Waals surface area contributed by atoms with Crippen molar-refractivity contribution in [3.8, 4) is 11.6 Å². The van der Waals surface area contributed by atoms with E-state index in [1.54, 1.807) is 30.5 Å². The van der Waals surface area contributed by atoms with Crippen LogP contribution >= 0.6 is 0 Å². The third-order valence-electron chi connectivity index (χ3n) is 3.45. The van der Waals surface area contributed by atoms with Crippen molar-refractivity contribution < 1.29 is 19.4 Å². The molecule has 24 heavy (non-hydrogen) atoms. The van der Waals surface area contributed by atoms with E-state index in [-0.39, 0.29) is 11.0 Å². The number of benzene rings is 1. The third-order valence-corrected chi connectivity index (χ3v) is 3.45. The van der Waals surface area contributed by atoms with E-state index in [2.05, 4.69) is 25.8 Å². The topological polar surface area (TPSA) is 71.5 Å². The van der Waals surface area contributed by atoms with Crippen molar-refractivity contribution in [1.29, 1.82) is 0 Å². The largest absolute Gasteiger partial charge is 0.545 e. The molecule has 5 heteroatoms. The van der Waals surface area contributed by atoms with Gasteiger partial charge in [-0.05, 0) is 23.1 Å². The second-order valence-corrected chi connectivity index (χ2v) is 6.29. The molecule has 0 aliphatic rings. The molecule has 0 N–H and O–H groups in total. The summed E-state index contributed by atoms with van der Waals surface area (Å²) in [5.74, 6) is -0.585. The highest BCUT2D eigenvalue weighted by Gasteiger charge is 2.16. The van der Waals surface area contributed by atoms with E-state index in [1.165, 1.54) is 7.11 Å². The summed E-state index contributed by atoms with van der Waals surface area (Å²) in [4.78, 5) is 15.6. The van der Waals surface area contributed by atoms with E-state index in [4.69, 9.17) is 9.47 Å². The molecule has 0 saturated carbocycles. The Hall–Kier alpha value is -2.82. The van der Waals surface area contributed by atoms with Gasteiger partial charge in [0.25, 0.3) is 0 Å². The predicted octanol–water partition coefficient (Wildman–Crippen LogP) is 2.91. The van der Waals surface area contributed by atoms with Gasteiger partial charge in [0, 0.05) is 23.4 Å². The smallest absolute Gasteiger partial charge is 0.219 e. The molecule has 0 atom stereocenters. The Bertz CT molecular complexity index is 760. The average molecular weight is 326 g/mol. The molecule has 5 nitrogen and oxygen atoms in total. The van der Waals surface area contributed by atoms with Gasteiger partial charge in [-0.15, -0.1) is 0 Å². The second-order valence-electron chi connectivity index (χ2n) is 6.29. The molecule has 2 aromatic rings. The van der Waals surface area contributed by atoms with Crippen LogP contribution in [-0.2, 0) is 14.9 Å². The monoisotopic (exact) mass is 326 g/mol. The number of aromatic nitrogens is 1. The fourth-order valence-corrected chi connectivity index (χ4v) is 2.16. The van der Waals surface area contributed by atoms with Crippen molar-refractivity contribution >= 4 is 11.5 Å². The van der Waals surface area contributed by atoms with E-state index < -0.39 is 5.97 Å². The highest BCUT2D eigenvalue weighted by Crippen LogP contribution is 2.31. The molecule has 0 unspecified atom stereocenters. The minimum Gasteiger partial charge on any atom is -0.545 e. The van der Waals surface area contributed by atoms with E-state index >= 15 is 0 Å². The van der Waals surface area contributed by atoms with Crippen molar-refractivity contribution in [1.82, 2.24) is 4.98 Å². The van der Waals surface area contributed by atoms with Crippen LogP contribution in [0.5, 0.6) is 11.6 Å². The fraction of sp³-hybridized carbons (Fsp3) is 0.263. The number of carbonyl (C=O) groups excluding carboxylic acids is 1. The first-order valence-electron chi connectivity index (χ1n) is 7.51. The number of carboxylic acids is 1. The Morgan fingerprint density at radius 2 is 1.92 bits per heavy atom. The maximum absolute atomic E-state index is 11.3. The van der Waals surface area contributed by atoms with Crippen LogP contribution in [0, 0.1) is 0 Å². The van der Waals surface area contributed by atoms with Crippen molar-refractivity contribution in [2.45, 2.75) is 26.2 Å². The maximum atomic E-state index is 11.3. The SMILES string of the molecule is CO/C=C(/C(=O)[O-])c1ccccc1Oc1cc(C(C)(C)C)ccn1. The summed E-state index contributed by atoms with van der Waals surface area (Å²) >= 11 is 0. The molecule has 0 spiro atoms. The summed E-state index contributed by atoms with van der Waals surface area (Å²) in [5.41, 5.74) is 1.28. The molecule has 126 valence electrons. The van der Waals surface area contributed by atoms with Gasteiger partial charge < -0.3 is 19.4 Å². The first-order valence-corrected chi connectivity index (χ1v) is 7.51. The van der Waals surface area contributed by atoms with E-state index in [0.717, 1.165) is 11.8 Å². The molecule has 0 fully saturated rings. The molecule has 0 aliphatic heterocycles. The van der Waals surface area contributed by atoms with Crippen LogP contribution < -0.4 is 9.84 Å². The Morgan fingerprint density at radius 1 is 1.21 bits per heavy atom. The van der Waals surface area contributed by atoms with Crippen LogP contribution in [0.3, 0.4) is 0 Å². The molecule has 1 heterocycles. The van der Waals surface area contributed by atoms with E-state index in [1.807, 2.05) is 12.1 Å². The Balaban J connectivity index is 2.42. The summed E-state index contributed by atoms with van der Waals surface area (Å²) in [6.07, 6.45) is 2.79. The van der Waals surface area contributed by atoms with E-state index in [0.29, 0.717) is 17.2 Å². The number of methoxy groups -OCH3 is 1. The van der Waals surface area contributed by atoms with Crippen molar-refractivity contribution in [2.24, 2.45) is 0 Å². The van der Waals surface area contributed by atoms with Crippen LogP contribution in [0.2, 0.25) is 0 Å². The predicted molar refractivity (Wildman–Crippen MR) is 89.4 cm³/mol. The zero-order valence-electron chi connectivity index (χ0n) is 14.2. The lowest BCUT2D eigenvalue weighted by atomic mass is 9.88. The fourth-order valence-electron chi connectivity index (χ4n) is 2.16. The molecular formula is C19H20NO4-. The van der Waals surface area contributed by atoms with Gasteiger partial charge in [0.1, 0.15) is 5.75 Å². The number of carbonyl (C=O) groups is 1. The van der Waals surface area contributed by atoms with Gasteiger partial charge in [-0.25, -0.2) is 4.98 Å². The average Bonchev–Trinajstić information content (AvgIpc) is 2.53. The third kappa shape index (κ3) is 4.13. The van der Waals surface area contributed by atoms with Crippen LogP contribution in [-0.4, -0.2) is 18.1 Å². The molecule has 0 bridgehead atoms. The van der Waals surface area contributed by atoms with Crippen LogP contribution in [0.25, 0.3) is 5.57 Å². The summed E-state index contributed by atoms with van der Waals surface area (Å²) in [6, 6.07) is 10.5. The minimum absolute atomic E-state index is 0.0489. The lowest BCUT2D eigenvalue weighted by Crippen LogP contribution is -2.24. The standard InChI is InChI=1S/C19H21NO4/c1-19(2,3)13-9-10-20-17(11-13)24-16-8-6-5-7-14(16)15(12-23-4)18(21)22/h5-12H,1-4H3,(H,21,22)/p-1/b15-12+. The van der Waals surface area contributed by atoms with Gasteiger partial charge in [-0.1, -0.05) is 39.0 Å². The lowest BCUT2D eigenvalue weighted by molar-refractivity contribution is -0.295. The summed E-state index contributed by atoms with van der Waals surface area (Å²) < 4.78 is 10.7. The van der Waals surface area contributed by atoms with Gasteiger partial charge in [-0.3, -0.25) is 0 Å². The van der Waals surface area contributed by atoms with Crippen LogP contribution in [0.15, 0.2) is 48.9 Å². The molecule has 0 amide bonds. The molecule has 1 aromatic heterocycles. The van der Waals surface area contributed by atoms with Gasteiger partial charge in [0.2, 0.25) is 5.88 Å². The molecule has 0 saturated heterocycles. The second kappa shape index (κ2) is 7.17.